The normalized spacial score (nSPS) is 12.3. The molecule has 0 saturated carbocycles. The average Bonchev–Trinajstić information content (AvgIpc) is 2.97. The number of aryl methyl sites for hydroxylation is 1. The number of nitrogens with one attached hydrogen (secondary N) is 1. The minimum absolute atomic E-state index is 0.0549. The van der Waals surface area contributed by atoms with Gasteiger partial charge in [0.25, 0.3) is 0 Å². The van der Waals surface area contributed by atoms with E-state index in [0.717, 1.165) is 27.9 Å². The molecule has 2 aromatic carbocycles. The summed E-state index contributed by atoms with van der Waals surface area (Å²) >= 11 is 0. The molecule has 26 heavy (non-hydrogen) atoms. The number of ether oxygens (including phenoxy) is 1. The number of nitrogens with zero attached hydrogens (tertiary/aromatic N) is 2. The smallest absolute Gasteiger partial charge is 0.244 e. The summed E-state index contributed by atoms with van der Waals surface area (Å²) in [5.41, 5.74) is 2.94. The summed E-state index contributed by atoms with van der Waals surface area (Å²) < 4.78 is 7.43. The highest BCUT2D eigenvalue weighted by Crippen LogP contribution is 2.21. The van der Waals surface area contributed by atoms with Crippen molar-refractivity contribution >= 4 is 16.8 Å². The van der Waals surface area contributed by atoms with Crippen LogP contribution < -0.4 is 10.1 Å². The van der Waals surface area contributed by atoms with Crippen molar-refractivity contribution in [2.24, 2.45) is 0 Å². The molecule has 5 heteroatoms. The number of carbonyl (C=O) groups excluding carboxylic acids is 1. The van der Waals surface area contributed by atoms with Gasteiger partial charge >= 0.3 is 0 Å². The van der Waals surface area contributed by atoms with Crippen molar-refractivity contribution in [3.8, 4) is 5.75 Å². The Morgan fingerprint density at radius 1 is 1.12 bits per heavy atom. The molecule has 0 aliphatic heterocycles. The predicted octanol–water partition coefficient (Wildman–Crippen LogP) is 4.01. The van der Waals surface area contributed by atoms with Crippen LogP contribution in [0.25, 0.3) is 10.9 Å². The minimum atomic E-state index is -0.378. The summed E-state index contributed by atoms with van der Waals surface area (Å²) in [5, 5.41) is 8.61. The zero-order valence-corrected chi connectivity index (χ0v) is 15.7. The van der Waals surface area contributed by atoms with Gasteiger partial charge in [-0.3, -0.25) is 9.48 Å². The zero-order valence-electron chi connectivity index (χ0n) is 15.7. The maximum absolute atomic E-state index is 12.6. The van der Waals surface area contributed by atoms with E-state index in [1.807, 2.05) is 76.2 Å². The van der Waals surface area contributed by atoms with Gasteiger partial charge in [-0.05, 0) is 51.5 Å². The summed E-state index contributed by atoms with van der Waals surface area (Å²) in [6.07, 6.45) is 0.147. The lowest BCUT2D eigenvalue weighted by Gasteiger charge is -2.14. The molecule has 0 spiro atoms. The van der Waals surface area contributed by atoms with Crippen LogP contribution in [0.2, 0.25) is 0 Å². The molecule has 1 heterocycles. The molecule has 1 aromatic heterocycles. The van der Waals surface area contributed by atoms with E-state index in [4.69, 9.17) is 4.74 Å². The van der Waals surface area contributed by atoms with Crippen molar-refractivity contribution in [1.82, 2.24) is 15.1 Å². The maximum atomic E-state index is 12.6. The number of aromatic nitrogens is 2. The first-order chi connectivity index (χ1) is 12.5. The number of rotatable bonds is 6. The summed E-state index contributed by atoms with van der Waals surface area (Å²) in [5.74, 6) is 0.780. The highest BCUT2D eigenvalue weighted by molar-refractivity contribution is 5.86. The first kappa shape index (κ1) is 18.0. The van der Waals surface area contributed by atoms with Crippen molar-refractivity contribution in [3.05, 3.63) is 59.8 Å². The molecule has 136 valence electrons. The molecule has 3 aromatic rings. The fourth-order valence-corrected chi connectivity index (χ4v) is 2.95. The molecule has 5 nitrogen and oxygen atoms in total. The third-order valence-corrected chi connectivity index (χ3v) is 4.31. The van der Waals surface area contributed by atoms with Crippen LogP contribution in [0.1, 0.15) is 38.1 Å². The Hall–Kier alpha value is -2.82. The Kier molecular flexibility index (Phi) is 5.26. The molecule has 3 rings (SSSR count). The van der Waals surface area contributed by atoms with Crippen LogP contribution in [-0.4, -0.2) is 21.8 Å². The lowest BCUT2D eigenvalue weighted by Crippen LogP contribution is -2.31. The van der Waals surface area contributed by atoms with E-state index in [-0.39, 0.29) is 18.1 Å². The lowest BCUT2D eigenvalue weighted by atomic mass is 10.2. The fourth-order valence-electron chi connectivity index (χ4n) is 2.95. The molecule has 0 aliphatic rings. The number of benzene rings is 2. The fraction of sp³-hybridized carbons (Fsp3) is 0.333. The van der Waals surface area contributed by atoms with Gasteiger partial charge in [0.05, 0.1) is 17.3 Å². The number of amides is 1. The Balaban J connectivity index is 1.66. The van der Waals surface area contributed by atoms with Crippen LogP contribution in [-0.2, 0) is 11.3 Å². The average molecular weight is 351 g/mol. The predicted molar refractivity (Wildman–Crippen MR) is 103 cm³/mol. The van der Waals surface area contributed by atoms with Gasteiger partial charge in [-0.25, -0.2) is 0 Å². The van der Waals surface area contributed by atoms with Gasteiger partial charge in [0.1, 0.15) is 11.8 Å². The van der Waals surface area contributed by atoms with Crippen molar-refractivity contribution in [2.75, 3.05) is 0 Å². The minimum Gasteiger partial charge on any atom is -0.491 e. The first-order valence-corrected chi connectivity index (χ1v) is 8.93. The van der Waals surface area contributed by atoms with E-state index in [9.17, 15) is 4.79 Å². The standard InChI is InChI=1S/C21H25N3O2/c1-14(2)26-18-11-9-17(10-12-18)13-22-21(25)16(4)24-20-8-6-5-7-19(20)15(3)23-24/h5-12,14,16H,13H2,1-4H3,(H,22,25)/t16-/m0/s1. The van der Waals surface area contributed by atoms with Crippen LogP contribution in [0.15, 0.2) is 48.5 Å². The lowest BCUT2D eigenvalue weighted by molar-refractivity contribution is -0.124. The molecule has 0 bridgehead atoms. The van der Waals surface area contributed by atoms with Gasteiger partial charge in [-0.2, -0.15) is 5.10 Å². The third-order valence-electron chi connectivity index (χ3n) is 4.31. The molecular weight excluding hydrogens is 326 g/mol. The van der Waals surface area contributed by atoms with Crippen LogP contribution in [0.4, 0.5) is 0 Å². The summed E-state index contributed by atoms with van der Waals surface area (Å²) in [4.78, 5) is 12.6. The topological polar surface area (TPSA) is 56.2 Å². The summed E-state index contributed by atoms with van der Waals surface area (Å²) in [6, 6.07) is 15.4. The number of para-hydroxylation sites is 1. The quantitative estimate of drug-likeness (QED) is 0.730. The van der Waals surface area contributed by atoms with Crippen molar-refractivity contribution < 1.29 is 9.53 Å². The Bertz CT molecular complexity index is 897. The van der Waals surface area contributed by atoms with E-state index >= 15 is 0 Å². The molecule has 0 radical (unpaired) electrons. The molecule has 0 aliphatic carbocycles. The van der Waals surface area contributed by atoms with Gasteiger partial charge in [0.15, 0.2) is 0 Å². The molecule has 1 atom stereocenters. The van der Waals surface area contributed by atoms with Crippen LogP contribution in [0.3, 0.4) is 0 Å². The van der Waals surface area contributed by atoms with Gasteiger partial charge in [0.2, 0.25) is 5.91 Å². The van der Waals surface area contributed by atoms with Gasteiger partial charge in [-0.1, -0.05) is 30.3 Å². The van der Waals surface area contributed by atoms with Gasteiger partial charge in [0, 0.05) is 11.9 Å². The van der Waals surface area contributed by atoms with E-state index in [2.05, 4.69) is 10.4 Å². The maximum Gasteiger partial charge on any atom is 0.244 e. The van der Waals surface area contributed by atoms with Crippen LogP contribution in [0, 0.1) is 6.92 Å². The molecule has 0 saturated heterocycles. The SMILES string of the molecule is Cc1nn([C@@H](C)C(=O)NCc2ccc(OC(C)C)cc2)c2ccccc12. The molecule has 1 amide bonds. The van der Waals surface area contributed by atoms with E-state index in [1.54, 1.807) is 4.68 Å². The monoisotopic (exact) mass is 351 g/mol. The van der Waals surface area contributed by atoms with Crippen molar-refractivity contribution in [2.45, 2.75) is 46.4 Å². The molecular formula is C21H25N3O2. The summed E-state index contributed by atoms with van der Waals surface area (Å²) in [6.45, 7) is 8.30. The van der Waals surface area contributed by atoms with E-state index in [1.165, 1.54) is 0 Å². The molecule has 0 unspecified atom stereocenters. The van der Waals surface area contributed by atoms with E-state index < -0.39 is 0 Å². The first-order valence-electron chi connectivity index (χ1n) is 8.93. The Morgan fingerprint density at radius 3 is 2.50 bits per heavy atom. The van der Waals surface area contributed by atoms with Crippen LogP contribution in [0.5, 0.6) is 5.75 Å². The summed E-state index contributed by atoms with van der Waals surface area (Å²) in [7, 11) is 0. The number of fused-ring (bicyclic) bond motifs is 1. The second-order valence-corrected chi connectivity index (χ2v) is 6.75. The van der Waals surface area contributed by atoms with Gasteiger partial charge in [-0.15, -0.1) is 0 Å². The Morgan fingerprint density at radius 2 is 1.81 bits per heavy atom. The van der Waals surface area contributed by atoms with Crippen LogP contribution >= 0.6 is 0 Å². The molecule has 1 N–H and O–H groups in total. The number of hydrogen-bond acceptors (Lipinski definition) is 3. The zero-order chi connectivity index (χ0) is 18.7. The van der Waals surface area contributed by atoms with Gasteiger partial charge < -0.3 is 10.1 Å². The second-order valence-electron chi connectivity index (χ2n) is 6.75. The number of carbonyl (C=O) groups is 1. The van der Waals surface area contributed by atoms with Crippen molar-refractivity contribution in [3.63, 3.8) is 0 Å². The van der Waals surface area contributed by atoms with E-state index in [0.29, 0.717) is 6.54 Å². The number of hydrogen-bond donors (Lipinski definition) is 1. The highest BCUT2D eigenvalue weighted by Gasteiger charge is 2.18. The highest BCUT2D eigenvalue weighted by atomic mass is 16.5. The third kappa shape index (κ3) is 3.87. The second kappa shape index (κ2) is 7.60. The molecule has 0 fully saturated rings. The van der Waals surface area contributed by atoms with Crippen molar-refractivity contribution in [1.29, 1.82) is 0 Å². The largest absolute Gasteiger partial charge is 0.491 e. The Labute approximate surface area is 154 Å².